The van der Waals surface area contributed by atoms with Gasteiger partial charge in [0.2, 0.25) is 0 Å². The SMILES string of the molecule is COC(=O)CCCCCNC(=O)Nc1cccc(Oc2ccccc2)c1. The second-order valence-corrected chi connectivity index (χ2v) is 5.71. The first kappa shape index (κ1) is 19.3. The number of unbranched alkanes of at least 4 members (excludes halogenated alkanes) is 2. The number of urea groups is 1. The molecule has 6 nitrogen and oxygen atoms in total. The molecule has 0 heterocycles. The number of rotatable bonds is 9. The van der Waals surface area contributed by atoms with Crippen molar-refractivity contribution in [3.05, 3.63) is 54.6 Å². The smallest absolute Gasteiger partial charge is 0.319 e. The van der Waals surface area contributed by atoms with E-state index in [0.717, 1.165) is 25.0 Å². The summed E-state index contributed by atoms with van der Waals surface area (Å²) >= 11 is 0. The maximum Gasteiger partial charge on any atom is 0.319 e. The summed E-state index contributed by atoms with van der Waals surface area (Å²) in [7, 11) is 1.38. The fraction of sp³-hybridized carbons (Fsp3) is 0.300. The van der Waals surface area contributed by atoms with Gasteiger partial charge in [-0.25, -0.2) is 4.79 Å². The van der Waals surface area contributed by atoms with Gasteiger partial charge in [0.05, 0.1) is 7.11 Å². The van der Waals surface area contributed by atoms with Crippen LogP contribution in [0.4, 0.5) is 10.5 Å². The van der Waals surface area contributed by atoms with Crippen molar-refractivity contribution >= 4 is 17.7 Å². The molecular weight excluding hydrogens is 332 g/mol. The van der Waals surface area contributed by atoms with Gasteiger partial charge in [0.25, 0.3) is 0 Å². The first-order chi connectivity index (χ1) is 12.7. The molecule has 0 fully saturated rings. The number of hydrogen-bond acceptors (Lipinski definition) is 4. The Bertz CT molecular complexity index is 704. The summed E-state index contributed by atoms with van der Waals surface area (Å²) in [5.74, 6) is 1.19. The zero-order chi connectivity index (χ0) is 18.6. The van der Waals surface area contributed by atoms with E-state index in [4.69, 9.17) is 4.74 Å². The lowest BCUT2D eigenvalue weighted by Crippen LogP contribution is -2.29. The topological polar surface area (TPSA) is 76.7 Å². The van der Waals surface area contributed by atoms with E-state index >= 15 is 0 Å². The molecule has 0 radical (unpaired) electrons. The minimum Gasteiger partial charge on any atom is -0.469 e. The third-order valence-corrected chi connectivity index (χ3v) is 3.64. The van der Waals surface area contributed by atoms with Crippen molar-refractivity contribution in [3.63, 3.8) is 0 Å². The molecule has 0 saturated heterocycles. The molecule has 138 valence electrons. The van der Waals surface area contributed by atoms with E-state index < -0.39 is 0 Å². The normalized spacial score (nSPS) is 10.0. The summed E-state index contributed by atoms with van der Waals surface area (Å²) in [6, 6.07) is 16.4. The van der Waals surface area contributed by atoms with Crippen LogP contribution >= 0.6 is 0 Å². The van der Waals surface area contributed by atoms with Gasteiger partial charge in [-0.3, -0.25) is 4.79 Å². The Kier molecular flexibility index (Phi) is 7.99. The first-order valence-corrected chi connectivity index (χ1v) is 8.62. The largest absolute Gasteiger partial charge is 0.469 e. The number of anilines is 1. The average Bonchev–Trinajstić information content (AvgIpc) is 2.65. The quantitative estimate of drug-likeness (QED) is 0.518. The fourth-order valence-electron chi connectivity index (χ4n) is 2.31. The second-order valence-electron chi connectivity index (χ2n) is 5.71. The standard InChI is InChI=1S/C20H24N2O4/c1-25-19(23)13-6-3-7-14-21-20(24)22-16-9-8-12-18(15-16)26-17-10-4-2-5-11-17/h2,4-5,8-12,15H,3,6-7,13-14H2,1H3,(H2,21,22,24). The lowest BCUT2D eigenvalue weighted by molar-refractivity contribution is -0.140. The number of amides is 2. The van der Waals surface area contributed by atoms with Crippen LogP contribution in [0.15, 0.2) is 54.6 Å². The zero-order valence-electron chi connectivity index (χ0n) is 14.9. The molecule has 26 heavy (non-hydrogen) atoms. The Morgan fingerprint density at radius 2 is 1.69 bits per heavy atom. The highest BCUT2D eigenvalue weighted by Crippen LogP contribution is 2.23. The van der Waals surface area contributed by atoms with Crippen LogP contribution in [-0.2, 0) is 9.53 Å². The van der Waals surface area contributed by atoms with Crippen LogP contribution in [0.3, 0.4) is 0 Å². The molecule has 0 spiro atoms. The van der Waals surface area contributed by atoms with Crippen molar-refractivity contribution in [2.24, 2.45) is 0 Å². The van der Waals surface area contributed by atoms with E-state index in [1.54, 1.807) is 12.1 Å². The van der Waals surface area contributed by atoms with Crippen LogP contribution in [0.5, 0.6) is 11.5 Å². The van der Waals surface area contributed by atoms with Gasteiger partial charge < -0.3 is 20.1 Å². The summed E-state index contributed by atoms with van der Waals surface area (Å²) in [5, 5.41) is 5.58. The van der Waals surface area contributed by atoms with Crippen molar-refractivity contribution < 1.29 is 19.1 Å². The van der Waals surface area contributed by atoms with Crippen LogP contribution < -0.4 is 15.4 Å². The summed E-state index contributed by atoms with van der Waals surface area (Å²) in [6.45, 7) is 0.549. The first-order valence-electron chi connectivity index (χ1n) is 8.62. The van der Waals surface area contributed by atoms with Crippen molar-refractivity contribution in [3.8, 4) is 11.5 Å². The van der Waals surface area contributed by atoms with E-state index in [-0.39, 0.29) is 12.0 Å². The molecule has 0 bridgehead atoms. The number of hydrogen-bond donors (Lipinski definition) is 2. The van der Waals surface area contributed by atoms with E-state index in [1.165, 1.54) is 7.11 Å². The van der Waals surface area contributed by atoms with E-state index in [1.807, 2.05) is 42.5 Å². The monoisotopic (exact) mass is 356 g/mol. The third-order valence-electron chi connectivity index (χ3n) is 3.64. The Morgan fingerprint density at radius 1 is 0.923 bits per heavy atom. The number of nitrogens with one attached hydrogen (secondary N) is 2. The van der Waals surface area contributed by atoms with Crippen LogP contribution in [0, 0.1) is 0 Å². The Labute approximate surface area is 153 Å². The molecule has 2 N–H and O–H groups in total. The van der Waals surface area contributed by atoms with Gasteiger partial charge in [0, 0.05) is 24.7 Å². The van der Waals surface area contributed by atoms with Gasteiger partial charge in [-0.2, -0.15) is 0 Å². The van der Waals surface area contributed by atoms with Crippen LogP contribution in [0.1, 0.15) is 25.7 Å². The molecule has 0 atom stereocenters. The summed E-state index contributed by atoms with van der Waals surface area (Å²) in [4.78, 5) is 22.9. The third kappa shape index (κ3) is 7.25. The van der Waals surface area contributed by atoms with E-state index in [2.05, 4.69) is 15.4 Å². The minimum absolute atomic E-state index is 0.201. The molecule has 0 aliphatic carbocycles. The predicted octanol–water partition coefficient (Wildman–Crippen LogP) is 4.33. The molecule has 6 heteroatoms. The number of carbonyl (C=O) groups is 2. The van der Waals surface area contributed by atoms with Gasteiger partial charge >= 0.3 is 12.0 Å². The zero-order valence-corrected chi connectivity index (χ0v) is 14.9. The van der Waals surface area contributed by atoms with E-state index in [0.29, 0.717) is 24.4 Å². The molecule has 2 amide bonds. The number of ether oxygens (including phenoxy) is 2. The van der Waals surface area contributed by atoms with Gasteiger partial charge in [-0.05, 0) is 37.1 Å². The maximum absolute atomic E-state index is 11.9. The Morgan fingerprint density at radius 3 is 2.46 bits per heavy atom. The summed E-state index contributed by atoms with van der Waals surface area (Å²) in [6.07, 6.45) is 2.84. The summed E-state index contributed by atoms with van der Waals surface area (Å²) < 4.78 is 10.3. The van der Waals surface area contributed by atoms with Gasteiger partial charge in [-0.1, -0.05) is 30.7 Å². The van der Waals surface area contributed by atoms with Gasteiger partial charge in [0.15, 0.2) is 0 Å². The molecule has 0 aliphatic rings. The van der Waals surface area contributed by atoms with Crippen molar-refractivity contribution in [1.82, 2.24) is 5.32 Å². The van der Waals surface area contributed by atoms with Gasteiger partial charge in [-0.15, -0.1) is 0 Å². The number of benzene rings is 2. The number of carbonyl (C=O) groups excluding carboxylic acids is 2. The molecule has 2 rings (SSSR count). The summed E-state index contributed by atoms with van der Waals surface area (Å²) in [5.41, 5.74) is 0.654. The predicted molar refractivity (Wildman–Crippen MR) is 100 cm³/mol. The Balaban J connectivity index is 1.70. The molecule has 0 aliphatic heterocycles. The highest BCUT2D eigenvalue weighted by molar-refractivity contribution is 5.89. The highest BCUT2D eigenvalue weighted by Gasteiger charge is 2.04. The maximum atomic E-state index is 11.9. The number of esters is 1. The highest BCUT2D eigenvalue weighted by atomic mass is 16.5. The van der Waals surface area contributed by atoms with Crippen molar-refractivity contribution in [2.45, 2.75) is 25.7 Å². The van der Waals surface area contributed by atoms with Crippen LogP contribution in [0.2, 0.25) is 0 Å². The molecule has 0 unspecified atom stereocenters. The number of methoxy groups -OCH3 is 1. The van der Waals surface area contributed by atoms with Crippen molar-refractivity contribution in [1.29, 1.82) is 0 Å². The molecule has 0 aromatic heterocycles. The average molecular weight is 356 g/mol. The Hall–Kier alpha value is -3.02. The van der Waals surface area contributed by atoms with Crippen molar-refractivity contribution in [2.75, 3.05) is 19.0 Å². The lowest BCUT2D eigenvalue weighted by atomic mass is 10.2. The minimum atomic E-state index is -0.269. The lowest BCUT2D eigenvalue weighted by Gasteiger charge is -2.10. The van der Waals surface area contributed by atoms with Gasteiger partial charge in [0.1, 0.15) is 11.5 Å². The van der Waals surface area contributed by atoms with Crippen LogP contribution in [0.25, 0.3) is 0 Å². The fourth-order valence-corrected chi connectivity index (χ4v) is 2.31. The molecular formula is C20H24N2O4. The van der Waals surface area contributed by atoms with E-state index in [9.17, 15) is 9.59 Å². The molecule has 2 aromatic carbocycles. The molecule has 0 saturated carbocycles. The molecule has 2 aromatic rings. The second kappa shape index (κ2) is 10.8. The number of para-hydroxylation sites is 1. The van der Waals surface area contributed by atoms with Crippen LogP contribution in [-0.4, -0.2) is 25.7 Å².